The van der Waals surface area contributed by atoms with Crippen LogP contribution in [0, 0.1) is 5.82 Å². The highest BCUT2D eigenvalue weighted by molar-refractivity contribution is 5.94. The largest absolute Gasteiger partial charge is 0.338 e. The smallest absolute Gasteiger partial charge is 0.319 e. The minimum atomic E-state index is -0.338. The van der Waals surface area contributed by atoms with E-state index in [0.29, 0.717) is 29.9 Å². The lowest BCUT2D eigenvalue weighted by Crippen LogP contribution is -2.29. The van der Waals surface area contributed by atoms with E-state index in [1.807, 2.05) is 13.8 Å². The second kappa shape index (κ2) is 6.88. The van der Waals surface area contributed by atoms with Crippen molar-refractivity contribution in [2.24, 2.45) is 0 Å². The molecule has 21 heavy (non-hydrogen) atoms. The van der Waals surface area contributed by atoms with Crippen molar-refractivity contribution in [1.82, 2.24) is 15.5 Å². The van der Waals surface area contributed by atoms with Crippen molar-refractivity contribution in [3.63, 3.8) is 0 Å². The molecule has 0 aliphatic carbocycles. The van der Waals surface area contributed by atoms with E-state index in [1.165, 1.54) is 12.1 Å². The quantitative estimate of drug-likeness (QED) is 0.790. The number of hydrogen-bond acceptors (Lipinski definition) is 2. The molecule has 2 rings (SSSR count). The fourth-order valence-electron chi connectivity index (χ4n) is 2.01. The molecule has 0 bridgehead atoms. The number of carbonyl (C=O) groups is 1. The standard InChI is InChI=1S/C15H19FN4O/c1-3-8-17-15(21)18-14-12(4-2)19-20-13(14)10-6-5-7-11(16)9-10/h5-7,9H,3-4,8H2,1-2H3,(H,19,20)(H2,17,18,21). The number of urea groups is 1. The Kier molecular flexibility index (Phi) is 4.92. The molecular formula is C15H19FN4O. The van der Waals surface area contributed by atoms with Crippen LogP contribution in [-0.4, -0.2) is 22.8 Å². The zero-order valence-electron chi connectivity index (χ0n) is 12.2. The molecule has 0 fully saturated rings. The Labute approximate surface area is 123 Å². The summed E-state index contributed by atoms with van der Waals surface area (Å²) in [5.74, 6) is -0.338. The van der Waals surface area contributed by atoms with E-state index in [9.17, 15) is 9.18 Å². The maximum absolute atomic E-state index is 13.4. The van der Waals surface area contributed by atoms with Crippen LogP contribution in [0.3, 0.4) is 0 Å². The molecule has 1 heterocycles. The lowest BCUT2D eigenvalue weighted by molar-refractivity contribution is 0.252. The van der Waals surface area contributed by atoms with Gasteiger partial charge in [-0.25, -0.2) is 9.18 Å². The summed E-state index contributed by atoms with van der Waals surface area (Å²) in [6.45, 7) is 4.53. The number of halogens is 1. The van der Waals surface area contributed by atoms with E-state index in [1.54, 1.807) is 12.1 Å². The molecule has 0 aliphatic heterocycles. The van der Waals surface area contributed by atoms with Gasteiger partial charge in [-0.15, -0.1) is 0 Å². The number of amides is 2. The van der Waals surface area contributed by atoms with Crippen molar-refractivity contribution in [1.29, 1.82) is 0 Å². The zero-order chi connectivity index (χ0) is 15.2. The van der Waals surface area contributed by atoms with Crippen LogP contribution in [-0.2, 0) is 6.42 Å². The Morgan fingerprint density at radius 3 is 2.86 bits per heavy atom. The molecule has 2 aromatic rings. The second-order valence-electron chi connectivity index (χ2n) is 4.67. The Balaban J connectivity index is 2.30. The molecular weight excluding hydrogens is 271 g/mol. The predicted octanol–water partition coefficient (Wildman–Crippen LogP) is 3.31. The summed E-state index contributed by atoms with van der Waals surface area (Å²) >= 11 is 0. The highest BCUT2D eigenvalue weighted by Gasteiger charge is 2.16. The van der Waals surface area contributed by atoms with Crippen LogP contribution < -0.4 is 10.6 Å². The number of nitrogens with zero attached hydrogens (tertiary/aromatic N) is 1. The first-order valence-electron chi connectivity index (χ1n) is 7.03. The minimum absolute atomic E-state index is 0.286. The molecule has 2 amide bonds. The SMILES string of the molecule is CCCNC(=O)Nc1c(-c2cccc(F)c2)n[nH]c1CC. The first kappa shape index (κ1) is 15.0. The maximum Gasteiger partial charge on any atom is 0.319 e. The fraction of sp³-hybridized carbons (Fsp3) is 0.333. The third kappa shape index (κ3) is 3.59. The molecule has 3 N–H and O–H groups in total. The van der Waals surface area contributed by atoms with Gasteiger partial charge in [-0.1, -0.05) is 26.0 Å². The van der Waals surface area contributed by atoms with Crippen molar-refractivity contribution in [2.45, 2.75) is 26.7 Å². The van der Waals surface area contributed by atoms with Gasteiger partial charge in [0.1, 0.15) is 11.5 Å². The first-order chi connectivity index (χ1) is 10.2. The number of aryl methyl sites for hydroxylation is 1. The van der Waals surface area contributed by atoms with Gasteiger partial charge in [0, 0.05) is 12.1 Å². The van der Waals surface area contributed by atoms with E-state index in [4.69, 9.17) is 0 Å². The van der Waals surface area contributed by atoms with Crippen LogP contribution in [0.4, 0.5) is 14.9 Å². The van der Waals surface area contributed by atoms with Crippen LogP contribution in [0.25, 0.3) is 11.3 Å². The van der Waals surface area contributed by atoms with E-state index in [0.717, 1.165) is 12.1 Å². The molecule has 0 saturated carbocycles. The average molecular weight is 290 g/mol. The van der Waals surface area contributed by atoms with Crippen molar-refractivity contribution in [3.05, 3.63) is 35.8 Å². The van der Waals surface area contributed by atoms with Crippen LogP contribution in [0.15, 0.2) is 24.3 Å². The van der Waals surface area contributed by atoms with E-state index in [-0.39, 0.29) is 11.8 Å². The summed E-state index contributed by atoms with van der Waals surface area (Å²) in [6, 6.07) is 5.85. The van der Waals surface area contributed by atoms with Crippen LogP contribution in [0.2, 0.25) is 0 Å². The summed E-state index contributed by atoms with van der Waals surface area (Å²) < 4.78 is 13.4. The average Bonchev–Trinajstić information content (AvgIpc) is 2.87. The molecule has 0 unspecified atom stereocenters. The van der Waals surface area contributed by atoms with Crippen LogP contribution in [0.1, 0.15) is 26.0 Å². The third-order valence-corrected chi connectivity index (χ3v) is 3.07. The Morgan fingerprint density at radius 1 is 1.38 bits per heavy atom. The van der Waals surface area contributed by atoms with Gasteiger partial charge in [-0.2, -0.15) is 5.10 Å². The molecule has 0 atom stereocenters. The maximum atomic E-state index is 13.4. The summed E-state index contributed by atoms with van der Waals surface area (Å²) in [5.41, 5.74) is 2.56. The van der Waals surface area contributed by atoms with Gasteiger partial charge in [0.25, 0.3) is 0 Å². The highest BCUT2D eigenvalue weighted by Crippen LogP contribution is 2.29. The second-order valence-corrected chi connectivity index (χ2v) is 4.67. The van der Waals surface area contributed by atoms with Crippen LogP contribution >= 0.6 is 0 Å². The Hall–Kier alpha value is -2.37. The zero-order valence-corrected chi connectivity index (χ0v) is 12.2. The minimum Gasteiger partial charge on any atom is -0.338 e. The van der Waals surface area contributed by atoms with Gasteiger partial charge in [0.05, 0.1) is 11.4 Å². The van der Waals surface area contributed by atoms with Gasteiger partial charge < -0.3 is 10.6 Å². The van der Waals surface area contributed by atoms with Gasteiger partial charge in [0.15, 0.2) is 0 Å². The number of rotatable bonds is 5. The summed E-state index contributed by atoms with van der Waals surface area (Å²) in [7, 11) is 0. The number of nitrogens with one attached hydrogen (secondary N) is 3. The van der Waals surface area contributed by atoms with Gasteiger partial charge >= 0.3 is 6.03 Å². The van der Waals surface area contributed by atoms with Crippen molar-refractivity contribution in [2.75, 3.05) is 11.9 Å². The number of carbonyl (C=O) groups excluding carboxylic acids is 1. The first-order valence-corrected chi connectivity index (χ1v) is 7.03. The number of aromatic amines is 1. The predicted molar refractivity (Wildman–Crippen MR) is 80.7 cm³/mol. The molecule has 112 valence electrons. The fourth-order valence-corrected chi connectivity index (χ4v) is 2.01. The Bertz CT molecular complexity index is 624. The van der Waals surface area contributed by atoms with Crippen molar-refractivity contribution >= 4 is 11.7 Å². The topological polar surface area (TPSA) is 69.8 Å². The molecule has 0 aliphatic rings. The molecule has 1 aromatic heterocycles. The molecule has 1 aromatic carbocycles. The van der Waals surface area contributed by atoms with Gasteiger partial charge in [-0.3, -0.25) is 5.10 Å². The molecule has 6 heteroatoms. The Morgan fingerprint density at radius 2 is 2.19 bits per heavy atom. The number of hydrogen-bond donors (Lipinski definition) is 3. The lowest BCUT2D eigenvalue weighted by atomic mass is 10.1. The normalized spacial score (nSPS) is 10.4. The summed E-state index contributed by atoms with van der Waals surface area (Å²) in [6.07, 6.45) is 1.54. The third-order valence-electron chi connectivity index (χ3n) is 3.07. The monoisotopic (exact) mass is 290 g/mol. The van der Waals surface area contributed by atoms with Crippen LogP contribution in [0.5, 0.6) is 0 Å². The molecule has 0 saturated heterocycles. The highest BCUT2D eigenvalue weighted by atomic mass is 19.1. The van der Waals surface area contributed by atoms with E-state index >= 15 is 0 Å². The molecule has 5 nitrogen and oxygen atoms in total. The number of aromatic nitrogens is 2. The van der Waals surface area contributed by atoms with Crippen molar-refractivity contribution < 1.29 is 9.18 Å². The summed E-state index contributed by atoms with van der Waals surface area (Å²) in [4.78, 5) is 11.8. The van der Waals surface area contributed by atoms with Crippen molar-refractivity contribution in [3.8, 4) is 11.3 Å². The molecule has 0 radical (unpaired) electrons. The number of benzene rings is 1. The van der Waals surface area contributed by atoms with E-state index in [2.05, 4.69) is 20.8 Å². The number of H-pyrrole nitrogens is 1. The molecule has 0 spiro atoms. The number of anilines is 1. The van der Waals surface area contributed by atoms with E-state index < -0.39 is 0 Å². The van der Waals surface area contributed by atoms with Gasteiger partial charge in [0.2, 0.25) is 0 Å². The summed E-state index contributed by atoms with van der Waals surface area (Å²) in [5, 5.41) is 12.6. The lowest BCUT2D eigenvalue weighted by Gasteiger charge is -2.09. The van der Waals surface area contributed by atoms with Gasteiger partial charge in [-0.05, 0) is 25.0 Å².